The van der Waals surface area contributed by atoms with Gasteiger partial charge >= 0.3 is 0 Å². The Morgan fingerprint density at radius 3 is 2.81 bits per heavy atom. The topological polar surface area (TPSA) is 61.8 Å². The smallest absolute Gasteiger partial charge is 0.158 e. The van der Waals surface area contributed by atoms with Gasteiger partial charge in [0.25, 0.3) is 0 Å². The lowest BCUT2D eigenvalue weighted by Gasteiger charge is -2.35. The fourth-order valence-electron chi connectivity index (χ4n) is 4.28. The van der Waals surface area contributed by atoms with Crippen molar-refractivity contribution in [3.63, 3.8) is 0 Å². The maximum Gasteiger partial charge on any atom is 0.158 e. The van der Waals surface area contributed by atoms with Crippen LogP contribution < -0.4 is 15.4 Å². The van der Waals surface area contributed by atoms with Gasteiger partial charge < -0.3 is 20.3 Å². The van der Waals surface area contributed by atoms with E-state index in [-0.39, 0.29) is 0 Å². The van der Waals surface area contributed by atoms with Gasteiger partial charge in [-0.3, -0.25) is 0 Å². The number of fused-ring (bicyclic) bond motifs is 2. The van der Waals surface area contributed by atoms with E-state index in [0.717, 1.165) is 77.6 Å². The first kappa shape index (κ1) is 21.0. The second kappa shape index (κ2) is 9.30. The minimum Gasteiger partial charge on any atom is -0.497 e. The number of rotatable bonds is 5. The molecule has 32 heavy (non-hydrogen) atoms. The molecule has 1 atom stereocenters. The number of thiazole rings is 1. The summed E-state index contributed by atoms with van der Waals surface area (Å²) in [4.78, 5) is 12.5. The number of hydrogen-bond acceptors (Lipinski definition) is 7. The van der Waals surface area contributed by atoms with Crippen molar-refractivity contribution in [3.05, 3.63) is 64.8 Å². The Kier molecular flexibility index (Phi) is 6.10. The predicted molar refractivity (Wildman–Crippen MR) is 132 cm³/mol. The Labute approximate surface area is 193 Å². The summed E-state index contributed by atoms with van der Waals surface area (Å²) in [6.07, 6.45) is 3.05. The van der Waals surface area contributed by atoms with Gasteiger partial charge in [0, 0.05) is 25.7 Å². The molecule has 2 aliphatic rings. The van der Waals surface area contributed by atoms with Crippen molar-refractivity contribution in [2.24, 2.45) is 4.99 Å². The number of ether oxygens (including phenoxy) is 1. The molecule has 0 radical (unpaired) electrons. The predicted octanol–water partition coefficient (Wildman–Crippen LogP) is 4.76. The van der Waals surface area contributed by atoms with Gasteiger partial charge in [0.15, 0.2) is 5.84 Å². The first-order valence-electron chi connectivity index (χ1n) is 11.3. The fraction of sp³-hybridized carbons (Fsp3) is 0.360. The molecule has 2 N–H and O–H groups in total. The summed E-state index contributed by atoms with van der Waals surface area (Å²) in [6.45, 7) is 4.96. The van der Waals surface area contributed by atoms with Crippen molar-refractivity contribution >= 4 is 33.5 Å². The van der Waals surface area contributed by atoms with E-state index in [0.29, 0.717) is 6.04 Å². The van der Waals surface area contributed by atoms with E-state index < -0.39 is 0 Å². The third-order valence-electron chi connectivity index (χ3n) is 6.06. The number of nitrogens with one attached hydrogen (secondary N) is 2. The number of anilines is 2. The van der Waals surface area contributed by atoms with Crippen molar-refractivity contribution in [1.82, 2.24) is 15.2 Å². The lowest BCUT2D eigenvalue weighted by Crippen LogP contribution is -2.53. The largest absolute Gasteiger partial charge is 0.497 e. The summed E-state index contributed by atoms with van der Waals surface area (Å²) >= 11 is 1.74. The lowest BCUT2D eigenvalue weighted by molar-refractivity contribution is 0.282. The van der Waals surface area contributed by atoms with Crippen molar-refractivity contribution < 1.29 is 4.74 Å². The molecule has 0 spiro atoms. The Morgan fingerprint density at radius 1 is 1.16 bits per heavy atom. The summed E-state index contributed by atoms with van der Waals surface area (Å²) in [5, 5.41) is 9.52. The van der Waals surface area contributed by atoms with E-state index >= 15 is 0 Å². The van der Waals surface area contributed by atoms with Crippen molar-refractivity contribution in [1.29, 1.82) is 0 Å². The van der Waals surface area contributed by atoms with Crippen LogP contribution in [0.3, 0.4) is 0 Å². The summed E-state index contributed by atoms with van der Waals surface area (Å²) in [7, 11) is 1.71. The molecular weight excluding hydrogens is 418 g/mol. The van der Waals surface area contributed by atoms with Crippen LogP contribution in [0.5, 0.6) is 5.75 Å². The first-order chi connectivity index (χ1) is 15.7. The zero-order valence-corrected chi connectivity index (χ0v) is 19.4. The molecule has 1 aromatic heterocycles. The van der Waals surface area contributed by atoms with E-state index in [1.165, 1.54) is 5.56 Å². The van der Waals surface area contributed by atoms with Crippen molar-refractivity contribution in [2.45, 2.75) is 32.2 Å². The highest BCUT2D eigenvalue weighted by molar-refractivity contribution is 7.16. The maximum atomic E-state index is 5.28. The molecule has 0 saturated carbocycles. The number of benzene rings is 2. The van der Waals surface area contributed by atoms with Crippen LogP contribution in [0.25, 0.3) is 0 Å². The Morgan fingerprint density at radius 2 is 2.00 bits per heavy atom. The van der Waals surface area contributed by atoms with Crippen LogP contribution in [0.1, 0.15) is 29.6 Å². The Hall–Kier alpha value is -2.90. The standard InChI is InChI=1S/C25H29N5OS/c1-3-22-29-23-24(27-20-6-4-5-7-21(20)28-25(23)32-22)30-15-14-26-18(16-30)11-8-17-9-12-19(31-2)13-10-17/h4-7,9-10,12-13,18,26,28H,3,8,11,14-16H2,1-2H3. The van der Waals surface area contributed by atoms with Crippen LogP contribution in [0, 0.1) is 0 Å². The third-order valence-corrected chi connectivity index (χ3v) is 7.18. The van der Waals surface area contributed by atoms with E-state index in [1.807, 2.05) is 24.3 Å². The number of aryl methyl sites for hydroxylation is 2. The van der Waals surface area contributed by atoms with Gasteiger partial charge in [-0.15, -0.1) is 11.3 Å². The van der Waals surface area contributed by atoms with Gasteiger partial charge in [-0.25, -0.2) is 9.98 Å². The number of piperazine rings is 1. The lowest BCUT2D eigenvalue weighted by atomic mass is 10.0. The molecule has 0 aliphatic carbocycles. The molecule has 1 saturated heterocycles. The number of hydrogen-bond donors (Lipinski definition) is 2. The molecule has 166 valence electrons. The first-order valence-corrected chi connectivity index (χ1v) is 12.1. The monoisotopic (exact) mass is 447 g/mol. The SMILES string of the molecule is CCc1nc2c(s1)Nc1ccccc1N=C2N1CCNC(CCc2ccc(OC)cc2)C1. The molecule has 0 bridgehead atoms. The van der Waals surface area contributed by atoms with Gasteiger partial charge in [0.1, 0.15) is 16.4 Å². The highest BCUT2D eigenvalue weighted by atomic mass is 32.1. The van der Waals surface area contributed by atoms with Crippen molar-refractivity contribution in [2.75, 3.05) is 32.1 Å². The molecule has 2 aliphatic heterocycles. The van der Waals surface area contributed by atoms with Gasteiger partial charge in [0.2, 0.25) is 0 Å². The minimum absolute atomic E-state index is 0.410. The minimum atomic E-state index is 0.410. The van der Waals surface area contributed by atoms with E-state index in [9.17, 15) is 0 Å². The van der Waals surface area contributed by atoms with Gasteiger partial charge in [0.05, 0.1) is 23.5 Å². The van der Waals surface area contributed by atoms with Crippen LogP contribution in [0.15, 0.2) is 53.5 Å². The third kappa shape index (κ3) is 4.36. The quantitative estimate of drug-likeness (QED) is 0.591. The molecule has 7 heteroatoms. The summed E-state index contributed by atoms with van der Waals surface area (Å²) in [5.41, 5.74) is 4.34. The number of methoxy groups -OCH3 is 1. The molecule has 3 aromatic rings. The molecule has 0 amide bonds. The second-order valence-electron chi connectivity index (χ2n) is 8.20. The maximum absolute atomic E-state index is 5.28. The zero-order chi connectivity index (χ0) is 21.9. The number of amidine groups is 1. The number of para-hydroxylation sites is 2. The average Bonchev–Trinajstić information content (AvgIpc) is 3.18. The van der Waals surface area contributed by atoms with Crippen LogP contribution in [-0.2, 0) is 12.8 Å². The van der Waals surface area contributed by atoms with Crippen LogP contribution in [-0.4, -0.2) is 48.5 Å². The molecular formula is C25H29N5OS. The zero-order valence-electron chi connectivity index (χ0n) is 18.6. The molecule has 6 nitrogen and oxygen atoms in total. The fourth-order valence-corrected chi connectivity index (χ4v) is 5.19. The Balaban J connectivity index is 1.36. The summed E-state index contributed by atoms with van der Waals surface area (Å²) in [6, 6.07) is 17.1. The normalized spacial score (nSPS) is 17.6. The van der Waals surface area contributed by atoms with Crippen LogP contribution in [0.4, 0.5) is 16.4 Å². The average molecular weight is 448 g/mol. The van der Waals surface area contributed by atoms with E-state index in [1.54, 1.807) is 18.4 Å². The Bertz CT molecular complexity index is 1110. The molecule has 1 unspecified atom stereocenters. The molecule has 3 heterocycles. The van der Waals surface area contributed by atoms with Crippen LogP contribution in [0.2, 0.25) is 0 Å². The summed E-state index contributed by atoms with van der Waals surface area (Å²) in [5.74, 6) is 1.89. The second-order valence-corrected chi connectivity index (χ2v) is 9.28. The van der Waals surface area contributed by atoms with Crippen molar-refractivity contribution in [3.8, 4) is 5.75 Å². The summed E-state index contributed by atoms with van der Waals surface area (Å²) < 4.78 is 5.28. The highest BCUT2D eigenvalue weighted by Gasteiger charge is 2.28. The van der Waals surface area contributed by atoms with Gasteiger partial charge in [-0.05, 0) is 49.1 Å². The van der Waals surface area contributed by atoms with Crippen LogP contribution >= 0.6 is 11.3 Å². The van der Waals surface area contributed by atoms with E-state index in [4.69, 9.17) is 14.7 Å². The number of aromatic nitrogens is 1. The van der Waals surface area contributed by atoms with Gasteiger partial charge in [-0.1, -0.05) is 31.2 Å². The molecule has 1 fully saturated rings. The van der Waals surface area contributed by atoms with Gasteiger partial charge in [-0.2, -0.15) is 0 Å². The highest BCUT2D eigenvalue weighted by Crippen LogP contribution is 2.38. The number of aliphatic imine (C=N–C) groups is 1. The molecule has 5 rings (SSSR count). The molecule has 2 aromatic carbocycles. The number of nitrogens with zero attached hydrogens (tertiary/aromatic N) is 3. The van der Waals surface area contributed by atoms with E-state index in [2.05, 4.69) is 46.7 Å².